The molecule has 0 aromatic rings. The maximum atomic E-state index is 12.7. The van der Waals surface area contributed by atoms with Crippen LogP contribution >= 0.6 is 0 Å². The first kappa shape index (κ1) is 14.4. The fraction of sp³-hybridized carbons (Fsp3) is 0.867. The second kappa shape index (κ2) is 5.51. The average molecular weight is 266 g/mol. The van der Waals surface area contributed by atoms with E-state index in [0.29, 0.717) is 6.42 Å². The highest BCUT2D eigenvalue weighted by molar-refractivity contribution is 6.00. The van der Waals surface area contributed by atoms with Crippen molar-refractivity contribution in [2.24, 2.45) is 0 Å². The Morgan fingerprint density at radius 2 is 1.95 bits per heavy atom. The second-order valence-electron chi connectivity index (χ2n) is 6.02. The Kier molecular flexibility index (Phi) is 4.16. The molecule has 0 aromatic carbocycles. The predicted molar refractivity (Wildman–Crippen MR) is 74.6 cm³/mol. The monoisotopic (exact) mass is 266 g/mol. The van der Waals surface area contributed by atoms with Gasteiger partial charge in [-0.25, -0.2) is 0 Å². The molecule has 2 atom stereocenters. The van der Waals surface area contributed by atoms with E-state index in [1.807, 2.05) is 11.8 Å². The summed E-state index contributed by atoms with van der Waals surface area (Å²) in [5, 5.41) is 2.95. The number of hydrogen-bond donors (Lipinski definition) is 1. The van der Waals surface area contributed by atoms with Gasteiger partial charge in [-0.3, -0.25) is 9.59 Å². The fourth-order valence-electron chi connectivity index (χ4n) is 3.73. The third-order valence-corrected chi connectivity index (χ3v) is 4.71. The van der Waals surface area contributed by atoms with Crippen molar-refractivity contribution in [2.45, 2.75) is 83.3 Å². The van der Waals surface area contributed by atoms with Crippen LogP contribution in [0.5, 0.6) is 0 Å². The summed E-state index contributed by atoms with van der Waals surface area (Å²) in [7, 11) is 0. The van der Waals surface area contributed by atoms with Crippen LogP contribution in [0, 0.1) is 0 Å². The molecule has 2 rings (SSSR count). The van der Waals surface area contributed by atoms with Gasteiger partial charge in [0.15, 0.2) is 0 Å². The van der Waals surface area contributed by atoms with Crippen LogP contribution in [0.15, 0.2) is 0 Å². The maximum Gasteiger partial charge on any atom is 0.246 e. The van der Waals surface area contributed by atoms with Crippen molar-refractivity contribution < 1.29 is 9.59 Å². The Morgan fingerprint density at radius 3 is 2.47 bits per heavy atom. The van der Waals surface area contributed by atoms with E-state index in [0.717, 1.165) is 38.5 Å². The molecule has 0 bridgehead atoms. The Hall–Kier alpha value is -1.06. The first-order chi connectivity index (χ1) is 9.06. The third kappa shape index (κ3) is 2.26. The molecule has 4 nitrogen and oxygen atoms in total. The van der Waals surface area contributed by atoms with Gasteiger partial charge < -0.3 is 10.2 Å². The molecular weight excluding hydrogens is 240 g/mol. The van der Waals surface area contributed by atoms with Crippen molar-refractivity contribution in [3.05, 3.63) is 0 Å². The summed E-state index contributed by atoms with van der Waals surface area (Å²) in [5.41, 5.74) is -0.544. The van der Waals surface area contributed by atoms with Gasteiger partial charge >= 0.3 is 0 Å². The normalized spacial score (nSPS) is 27.7. The fourth-order valence-corrected chi connectivity index (χ4v) is 3.73. The Bertz CT molecular complexity index is 361. The molecular formula is C15H26N2O2. The van der Waals surface area contributed by atoms with Gasteiger partial charge in [0, 0.05) is 6.04 Å². The van der Waals surface area contributed by atoms with Gasteiger partial charge in [-0.2, -0.15) is 0 Å². The highest BCUT2D eigenvalue weighted by Crippen LogP contribution is 2.40. The van der Waals surface area contributed by atoms with E-state index >= 15 is 0 Å². The molecule has 2 fully saturated rings. The molecule has 108 valence electrons. The second-order valence-corrected chi connectivity index (χ2v) is 6.02. The quantitative estimate of drug-likeness (QED) is 0.848. The smallest absolute Gasteiger partial charge is 0.246 e. The molecule has 2 unspecified atom stereocenters. The number of nitrogens with one attached hydrogen (secondary N) is 1. The van der Waals surface area contributed by atoms with Crippen LogP contribution in [0.2, 0.25) is 0 Å². The molecule has 1 aliphatic carbocycles. The topological polar surface area (TPSA) is 49.4 Å². The van der Waals surface area contributed by atoms with Gasteiger partial charge in [0.25, 0.3) is 0 Å². The number of rotatable bonds is 4. The van der Waals surface area contributed by atoms with Gasteiger partial charge in [0.05, 0.1) is 0 Å². The molecule has 1 aliphatic heterocycles. The largest absolute Gasteiger partial charge is 0.342 e. The summed E-state index contributed by atoms with van der Waals surface area (Å²) in [6.45, 7) is 6.18. The number of amides is 2. The molecule has 2 aliphatic rings. The number of hydrogen-bond acceptors (Lipinski definition) is 2. The number of carbonyl (C=O) groups is 2. The van der Waals surface area contributed by atoms with Crippen LogP contribution in [0.3, 0.4) is 0 Å². The van der Waals surface area contributed by atoms with Crippen molar-refractivity contribution in [1.82, 2.24) is 10.2 Å². The van der Waals surface area contributed by atoms with Crippen molar-refractivity contribution in [3.8, 4) is 0 Å². The van der Waals surface area contributed by atoms with Gasteiger partial charge in [-0.15, -0.1) is 0 Å². The van der Waals surface area contributed by atoms with E-state index < -0.39 is 5.54 Å². The number of nitrogens with zero attached hydrogens (tertiary/aromatic N) is 1. The van der Waals surface area contributed by atoms with Crippen LogP contribution in [0.1, 0.15) is 65.7 Å². The Balaban J connectivity index is 2.33. The van der Waals surface area contributed by atoms with E-state index in [-0.39, 0.29) is 23.9 Å². The summed E-state index contributed by atoms with van der Waals surface area (Å²) >= 11 is 0. The Labute approximate surface area is 115 Å². The minimum Gasteiger partial charge on any atom is -0.342 e. The lowest BCUT2D eigenvalue weighted by Crippen LogP contribution is -2.71. The minimum atomic E-state index is -0.544. The molecule has 0 aromatic heterocycles. The molecule has 1 saturated carbocycles. The van der Waals surface area contributed by atoms with E-state index in [2.05, 4.69) is 19.2 Å². The lowest BCUT2D eigenvalue weighted by atomic mass is 9.86. The molecule has 1 N–H and O–H groups in total. The van der Waals surface area contributed by atoms with Gasteiger partial charge in [0.2, 0.25) is 11.8 Å². The van der Waals surface area contributed by atoms with E-state index in [4.69, 9.17) is 0 Å². The maximum absolute atomic E-state index is 12.7. The molecule has 1 heterocycles. The summed E-state index contributed by atoms with van der Waals surface area (Å²) < 4.78 is 0. The molecule has 2 amide bonds. The zero-order valence-corrected chi connectivity index (χ0v) is 12.4. The van der Waals surface area contributed by atoms with Crippen LogP contribution in [-0.4, -0.2) is 34.3 Å². The summed E-state index contributed by atoms with van der Waals surface area (Å²) in [6.07, 6.45) is 6.44. The zero-order valence-electron chi connectivity index (χ0n) is 12.4. The first-order valence-electron chi connectivity index (χ1n) is 7.71. The van der Waals surface area contributed by atoms with Gasteiger partial charge in [0.1, 0.15) is 11.6 Å². The lowest BCUT2D eigenvalue weighted by molar-refractivity contribution is -0.160. The van der Waals surface area contributed by atoms with Crippen LogP contribution in [0.4, 0.5) is 0 Å². The zero-order chi connectivity index (χ0) is 14.0. The molecule has 19 heavy (non-hydrogen) atoms. The van der Waals surface area contributed by atoms with E-state index in [1.165, 1.54) is 0 Å². The lowest BCUT2D eigenvalue weighted by Gasteiger charge is -2.49. The van der Waals surface area contributed by atoms with E-state index in [1.54, 1.807) is 0 Å². The van der Waals surface area contributed by atoms with Crippen molar-refractivity contribution in [2.75, 3.05) is 0 Å². The summed E-state index contributed by atoms with van der Waals surface area (Å²) in [4.78, 5) is 27.2. The van der Waals surface area contributed by atoms with Crippen LogP contribution in [-0.2, 0) is 9.59 Å². The van der Waals surface area contributed by atoms with Crippen LogP contribution < -0.4 is 5.32 Å². The van der Waals surface area contributed by atoms with Crippen LogP contribution in [0.25, 0.3) is 0 Å². The van der Waals surface area contributed by atoms with Crippen molar-refractivity contribution in [3.63, 3.8) is 0 Å². The molecule has 1 spiro atoms. The van der Waals surface area contributed by atoms with Crippen molar-refractivity contribution >= 4 is 11.8 Å². The van der Waals surface area contributed by atoms with Gasteiger partial charge in [-0.05, 0) is 32.6 Å². The molecule has 1 saturated heterocycles. The summed E-state index contributed by atoms with van der Waals surface area (Å²) in [5.74, 6) is 0.212. The van der Waals surface area contributed by atoms with Crippen molar-refractivity contribution in [1.29, 1.82) is 0 Å². The first-order valence-corrected chi connectivity index (χ1v) is 7.71. The molecule has 0 radical (unpaired) electrons. The highest BCUT2D eigenvalue weighted by Gasteiger charge is 2.54. The third-order valence-electron chi connectivity index (χ3n) is 4.71. The average Bonchev–Trinajstić information content (AvgIpc) is 2.85. The Morgan fingerprint density at radius 1 is 1.32 bits per heavy atom. The predicted octanol–water partition coefficient (Wildman–Crippen LogP) is 2.22. The number of piperazine rings is 1. The summed E-state index contributed by atoms with van der Waals surface area (Å²) in [6, 6.07) is -0.159. The number of carbonyl (C=O) groups excluding carboxylic acids is 2. The van der Waals surface area contributed by atoms with E-state index in [9.17, 15) is 9.59 Å². The molecule has 4 heteroatoms. The minimum absolute atomic E-state index is 0.0828. The highest BCUT2D eigenvalue weighted by atomic mass is 16.2. The van der Waals surface area contributed by atoms with Gasteiger partial charge in [-0.1, -0.05) is 33.1 Å². The SMILES string of the molecule is CCCC(C)N1C(=O)C(CC)NC(=O)C12CCCC2. The standard InChI is InChI=1S/C15H26N2O2/c1-4-8-11(3)17-13(18)12(5-2)16-14(19)15(17)9-6-7-10-15/h11-12H,4-10H2,1-3H3,(H,16,19).